The lowest BCUT2D eigenvalue weighted by Crippen LogP contribution is -2.33. The number of piperidine rings is 1. The quantitative estimate of drug-likeness (QED) is 0.790. The van der Waals surface area contributed by atoms with Gasteiger partial charge in [-0.15, -0.1) is 0 Å². The Hall–Kier alpha value is -0.370. The van der Waals surface area contributed by atoms with E-state index in [0.717, 1.165) is 27.6 Å². The number of hydrogen-bond donors (Lipinski definition) is 0. The van der Waals surface area contributed by atoms with Crippen LogP contribution in [0.15, 0.2) is 27.1 Å². The van der Waals surface area contributed by atoms with Crippen LogP contribution >= 0.6 is 31.9 Å². The first kappa shape index (κ1) is 13.1. The number of halogens is 2. The van der Waals surface area contributed by atoms with Gasteiger partial charge in [0.05, 0.1) is 6.07 Å². The highest BCUT2D eigenvalue weighted by molar-refractivity contribution is 9.13. The fourth-order valence-electron chi connectivity index (χ4n) is 2.23. The first-order valence-electron chi connectivity index (χ1n) is 5.81. The molecule has 0 aliphatic carbocycles. The van der Waals surface area contributed by atoms with Gasteiger partial charge >= 0.3 is 0 Å². The Morgan fingerprint density at radius 3 is 2.41 bits per heavy atom. The minimum atomic E-state index is -0.111. The molecule has 0 aromatic heterocycles. The molecule has 1 aromatic rings. The summed E-state index contributed by atoms with van der Waals surface area (Å²) < 4.78 is 2.03. The molecule has 0 spiro atoms. The van der Waals surface area contributed by atoms with Crippen LogP contribution < -0.4 is 0 Å². The van der Waals surface area contributed by atoms with Crippen molar-refractivity contribution in [3.8, 4) is 6.07 Å². The van der Waals surface area contributed by atoms with E-state index in [9.17, 15) is 5.26 Å². The Morgan fingerprint density at radius 1 is 1.12 bits per heavy atom. The summed E-state index contributed by atoms with van der Waals surface area (Å²) >= 11 is 6.95. The number of rotatable bonds is 2. The molecule has 1 aliphatic heterocycles. The number of nitrogens with zero attached hydrogens (tertiary/aromatic N) is 2. The molecule has 1 fully saturated rings. The SMILES string of the molecule is N#CC(c1ccc(Br)c(Br)c1)N1CCCCC1. The molecule has 0 amide bonds. The summed E-state index contributed by atoms with van der Waals surface area (Å²) in [7, 11) is 0. The number of nitriles is 1. The Balaban J connectivity index is 2.22. The maximum atomic E-state index is 9.37. The van der Waals surface area contributed by atoms with Gasteiger partial charge in [0, 0.05) is 8.95 Å². The van der Waals surface area contributed by atoms with Crippen molar-refractivity contribution in [2.24, 2.45) is 0 Å². The van der Waals surface area contributed by atoms with Gasteiger partial charge in [-0.1, -0.05) is 12.5 Å². The first-order chi connectivity index (χ1) is 8.22. The smallest absolute Gasteiger partial charge is 0.123 e. The van der Waals surface area contributed by atoms with Gasteiger partial charge < -0.3 is 0 Å². The molecular formula is C13H14Br2N2. The third kappa shape index (κ3) is 3.09. The Morgan fingerprint density at radius 2 is 1.82 bits per heavy atom. The van der Waals surface area contributed by atoms with E-state index in [-0.39, 0.29) is 6.04 Å². The van der Waals surface area contributed by atoms with Crippen LogP contribution in [0, 0.1) is 11.3 Å². The first-order valence-corrected chi connectivity index (χ1v) is 7.39. The summed E-state index contributed by atoms with van der Waals surface area (Å²) in [4.78, 5) is 2.28. The van der Waals surface area contributed by atoms with Crippen LogP contribution in [-0.2, 0) is 0 Å². The number of benzene rings is 1. The molecule has 0 radical (unpaired) electrons. The van der Waals surface area contributed by atoms with Crippen molar-refractivity contribution in [3.63, 3.8) is 0 Å². The minimum Gasteiger partial charge on any atom is -0.284 e. The zero-order chi connectivity index (χ0) is 12.3. The molecule has 1 atom stereocenters. The van der Waals surface area contributed by atoms with Crippen LogP contribution in [0.1, 0.15) is 30.9 Å². The van der Waals surface area contributed by atoms with E-state index < -0.39 is 0 Å². The van der Waals surface area contributed by atoms with Gasteiger partial charge in [0.15, 0.2) is 0 Å². The lowest BCUT2D eigenvalue weighted by Gasteiger charge is -2.30. The third-order valence-corrected chi connectivity index (χ3v) is 5.02. The second-order valence-corrected chi connectivity index (χ2v) is 6.01. The molecule has 0 saturated carbocycles. The van der Waals surface area contributed by atoms with Crippen molar-refractivity contribution in [2.45, 2.75) is 25.3 Å². The van der Waals surface area contributed by atoms with Crippen molar-refractivity contribution >= 4 is 31.9 Å². The van der Waals surface area contributed by atoms with Crippen LogP contribution in [0.4, 0.5) is 0 Å². The van der Waals surface area contributed by atoms with Gasteiger partial charge in [-0.05, 0) is 75.5 Å². The summed E-state index contributed by atoms with van der Waals surface area (Å²) in [6.07, 6.45) is 3.70. The highest BCUT2D eigenvalue weighted by atomic mass is 79.9. The molecule has 4 heteroatoms. The molecule has 0 bridgehead atoms. The summed E-state index contributed by atoms with van der Waals surface area (Å²) in [5.74, 6) is 0. The summed E-state index contributed by atoms with van der Waals surface area (Å²) in [5, 5.41) is 9.37. The number of likely N-dealkylation sites (tertiary alicyclic amines) is 1. The Bertz CT molecular complexity index is 434. The van der Waals surface area contributed by atoms with E-state index in [0.29, 0.717) is 0 Å². The average Bonchev–Trinajstić information content (AvgIpc) is 2.36. The van der Waals surface area contributed by atoms with E-state index in [1.807, 2.05) is 18.2 Å². The van der Waals surface area contributed by atoms with Crippen molar-refractivity contribution < 1.29 is 0 Å². The summed E-state index contributed by atoms with van der Waals surface area (Å²) in [6.45, 7) is 2.07. The summed E-state index contributed by atoms with van der Waals surface area (Å²) in [6, 6.07) is 8.37. The molecule has 1 aromatic carbocycles. The van der Waals surface area contributed by atoms with Crippen LogP contribution in [0.2, 0.25) is 0 Å². The minimum absolute atomic E-state index is 0.111. The van der Waals surface area contributed by atoms with Crippen LogP contribution in [0.25, 0.3) is 0 Å². The largest absolute Gasteiger partial charge is 0.284 e. The maximum absolute atomic E-state index is 9.37. The molecule has 0 N–H and O–H groups in total. The molecular weight excluding hydrogens is 344 g/mol. The van der Waals surface area contributed by atoms with E-state index in [1.165, 1.54) is 19.3 Å². The van der Waals surface area contributed by atoms with Crippen molar-refractivity contribution in [1.82, 2.24) is 4.90 Å². The highest BCUT2D eigenvalue weighted by Crippen LogP contribution is 2.30. The molecule has 17 heavy (non-hydrogen) atoms. The Kier molecular flexibility index (Phi) is 4.61. The fourth-order valence-corrected chi connectivity index (χ4v) is 2.87. The van der Waals surface area contributed by atoms with Crippen LogP contribution in [0.3, 0.4) is 0 Å². The predicted molar refractivity (Wildman–Crippen MR) is 75.6 cm³/mol. The fraction of sp³-hybridized carbons (Fsp3) is 0.462. The van der Waals surface area contributed by atoms with Crippen LogP contribution in [-0.4, -0.2) is 18.0 Å². The molecule has 2 nitrogen and oxygen atoms in total. The summed E-state index contributed by atoms with van der Waals surface area (Å²) in [5.41, 5.74) is 1.07. The van der Waals surface area contributed by atoms with Gasteiger partial charge in [0.1, 0.15) is 6.04 Å². The van der Waals surface area contributed by atoms with Gasteiger partial charge in [0.25, 0.3) is 0 Å². The second-order valence-electron chi connectivity index (χ2n) is 4.30. The van der Waals surface area contributed by atoms with Crippen molar-refractivity contribution in [1.29, 1.82) is 5.26 Å². The molecule has 1 saturated heterocycles. The topological polar surface area (TPSA) is 27.0 Å². The highest BCUT2D eigenvalue weighted by Gasteiger charge is 2.22. The maximum Gasteiger partial charge on any atom is 0.123 e. The second kappa shape index (κ2) is 5.99. The standard InChI is InChI=1S/C13H14Br2N2/c14-11-5-4-10(8-12(11)15)13(9-16)17-6-2-1-3-7-17/h4-5,8,13H,1-3,6-7H2. The monoisotopic (exact) mass is 356 g/mol. The lowest BCUT2D eigenvalue weighted by atomic mass is 10.0. The molecule has 2 rings (SSSR count). The van der Waals surface area contributed by atoms with Gasteiger partial charge in [-0.25, -0.2) is 0 Å². The molecule has 90 valence electrons. The van der Waals surface area contributed by atoms with Crippen molar-refractivity contribution in [3.05, 3.63) is 32.7 Å². The number of hydrogen-bond acceptors (Lipinski definition) is 2. The van der Waals surface area contributed by atoms with E-state index >= 15 is 0 Å². The van der Waals surface area contributed by atoms with Crippen molar-refractivity contribution in [2.75, 3.05) is 13.1 Å². The van der Waals surface area contributed by atoms with Gasteiger partial charge in [-0.3, -0.25) is 4.90 Å². The predicted octanol–water partition coefficient (Wildman–Crippen LogP) is 4.26. The molecule has 1 heterocycles. The average molecular weight is 358 g/mol. The zero-order valence-corrected chi connectivity index (χ0v) is 12.7. The van der Waals surface area contributed by atoms with Gasteiger partial charge in [0.2, 0.25) is 0 Å². The van der Waals surface area contributed by atoms with Crippen LogP contribution in [0.5, 0.6) is 0 Å². The third-order valence-electron chi connectivity index (χ3n) is 3.14. The molecule has 1 unspecified atom stereocenters. The van der Waals surface area contributed by atoms with E-state index in [2.05, 4.69) is 42.8 Å². The Labute approximate surface area is 119 Å². The zero-order valence-electron chi connectivity index (χ0n) is 9.50. The lowest BCUT2D eigenvalue weighted by molar-refractivity contribution is 0.196. The van der Waals surface area contributed by atoms with Gasteiger partial charge in [-0.2, -0.15) is 5.26 Å². The van der Waals surface area contributed by atoms with E-state index in [4.69, 9.17) is 0 Å². The van der Waals surface area contributed by atoms with E-state index in [1.54, 1.807) is 0 Å². The normalized spacial score (nSPS) is 18.6. The molecule has 1 aliphatic rings.